The molecule has 2 aliphatic rings. The Morgan fingerprint density at radius 3 is 2.30 bits per heavy atom. The van der Waals surface area contributed by atoms with E-state index in [1.165, 1.54) is 7.11 Å². The Morgan fingerprint density at radius 2 is 1.68 bits per heavy atom. The van der Waals surface area contributed by atoms with Crippen LogP contribution in [0.2, 0.25) is 10.0 Å². The largest absolute Gasteiger partial charge is 0.467 e. The van der Waals surface area contributed by atoms with Crippen LogP contribution in [0.15, 0.2) is 60.9 Å². The number of anilines is 2. The maximum atomic E-state index is 13.1. The van der Waals surface area contributed by atoms with Crippen LogP contribution in [0.25, 0.3) is 0 Å². The Balaban J connectivity index is 1.36. The minimum Gasteiger partial charge on any atom is -0.467 e. The molecule has 1 saturated heterocycles. The third kappa shape index (κ3) is 5.98. The van der Waals surface area contributed by atoms with Gasteiger partial charge in [0.25, 0.3) is 0 Å². The fraction of sp³-hybridized carbons (Fsp3) is 0.407. The number of para-hydroxylation sites is 2. The zero-order valence-corrected chi connectivity index (χ0v) is 22.7. The van der Waals surface area contributed by atoms with E-state index in [2.05, 4.69) is 15.2 Å². The van der Waals surface area contributed by atoms with Crippen molar-refractivity contribution in [2.45, 2.75) is 31.7 Å². The van der Waals surface area contributed by atoms with Crippen LogP contribution >= 0.6 is 23.2 Å². The quantitative estimate of drug-likeness (QED) is 0.453. The van der Waals surface area contributed by atoms with Gasteiger partial charge in [-0.1, -0.05) is 54.4 Å². The number of halogens is 2. The Bertz CT molecular complexity index is 1100. The molecule has 1 N–H and O–H groups in total. The number of hydrogen-bond acceptors (Lipinski definition) is 7. The second-order valence-corrected chi connectivity index (χ2v) is 10.0. The number of ether oxygens (including phenoxy) is 1. The number of amides is 1. The molecule has 2 aromatic rings. The van der Waals surface area contributed by atoms with Crippen LogP contribution in [0.4, 0.5) is 11.4 Å². The van der Waals surface area contributed by atoms with E-state index in [4.69, 9.17) is 27.9 Å². The Kier molecular flexibility index (Phi) is 8.84. The van der Waals surface area contributed by atoms with E-state index in [1.54, 1.807) is 17.0 Å². The third-order valence-electron chi connectivity index (χ3n) is 6.96. The van der Waals surface area contributed by atoms with Gasteiger partial charge in [-0.3, -0.25) is 20.1 Å². The Hall–Kier alpha value is -2.94. The zero-order valence-electron chi connectivity index (χ0n) is 21.2. The van der Waals surface area contributed by atoms with Crippen LogP contribution in [0.5, 0.6) is 0 Å². The smallest absolute Gasteiger partial charge is 0.332 e. The summed E-state index contributed by atoms with van der Waals surface area (Å²) in [6.45, 7) is 5.48. The summed E-state index contributed by atoms with van der Waals surface area (Å²) in [5.74, 6) is -0.446. The molecule has 0 bridgehead atoms. The molecular formula is C27H33Cl2N5O3. The number of benzene rings is 2. The maximum absolute atomic E-state index is 13.1. The summed E-state index contributed by atoms with van der Waals surface area (Å²) in [4.78, 5) is 32.4. The molecule has 1 fully saturated rings. The lowest BCUT2D eigenvalue weighted by Gasteiger charge is -2.46. The highest BCUT2D eigenvalue weighted by Crippen LogP contribution is 2.35. The van der Waals surface area contributed by atoms with Gasteiger partial charge in [0, 0.05) is 50.7 Å². The molecule has 0 atom stereocenters. The number of piperidine rings is 1. The Labute approximate surface area is 228 Å². The van der Waals surface area contributed by atoms with E-state index in [0.29, 0.717) is 54.8 Å². The highest BCUT2D eigenvalue weighted by Gasteiger charge is 2.49. The monoisotopic (exact) mass is 545 g/mol. The zero-order chi connectivity index (χ0) is 26.4. The van der Waals surface area contributed by atoms with Gasteiger partial charge in [0.1, 0.15) is 12.2 Å². The van der Waals surface area contributed by atoms with Crippen molar-refractivity contribution < 1.29 is 14.3 Å². The van der Waals surface area contributed by atoms with Crippen molar-refractivity contribution in [3.8, 4) is 0 Å². The van der Waals surface area contributed by atoms with Crippen molar-refractivity contribution in [2.24, 2.45) is 0 Å². The van der Waals surface area contributed by atoms with Gasteiger partial charge in [-0.2, -0.15) is 0 Å². The van der Waals surface area contributed by atoms with Crippen LogP contribution in [0.3, 0.4) is 0 Å². The normalized spacial score (nSPS) is 17.1. The molecule has 0 aromatic heterocycles. The van der Waals surface area contributed by atoms with Crippen LogP contribution in [-0.2, 0) is 14.3 Å². The van der Waals surface area contributed by atoms with Crippen LogP contribution < -0.4 is 10.3 Å². The predicted octanol–water partition coefficient (Wildman–Crippen LogP) is 4.82. The lowest BCUT2D eigenvalue weighted by molar-refractivity contribution is -0.151. The number of methoxy groups -OCH3 is 1. The number of esters is 1. The van der Waals surface area contributed by atoms with Crippen molar-refractivity contribution in [3.63, 3.8) is 0 Å². The number of rotatable bonds is 9. The number of nitrogens with one attached hydrogen (secondary N) is 1. The second-order valence-electron chi connectivity index (χ2n) is 9.21. The molecule has 8 nitrogen and oxygen atoms in total. The highest BCUT2D eigenvalue weighted by atomic mass is 35.5. The maximum Gasteiger partial charge on any atom is 0.332 e. The van der Waals surface area contributed by atoms with E-state index >= 15 is 0 Å². The summed E-state index contributed by atoms with van der Waals surface area (Å²) in [7, 11) is 1.39. The van der Waals surface area contributed by atoms with Gasteiger partial charge < -0.3 is 14.5 Å². The first-order valence-electron chi connectivity index (χ1n) is 12.5. The summed E-state index contributed by atoms with van der Waals surface area (Å²) in [6, 6.07) is 14.8. The lowest BCUT2D eigenvalue weighted by atomic mass is 9.84. The SMILES string of the molecule is CCC(=O)N(c1ccccc1)C1(C(=O)OC)CCN(CCN2C=CN(Nc3c(Cl)cccc3Cl)C2)CC1. The number of hydrazine groups is 1. The Morgan fingerprint density at radius 1 is 1.00 bits per heavy atom. The molecule has 4 rings (SSSR count). The molecule has 10 heteroatoms. The molecule has 0 radical (unpaired) electrons. The highest BCUT2D eigenvalue weighted by molar-refractivity contribution is 6.39. The molecule has 2 aromatic carbocycles. The molecule has 0 saturated carbocycles. The van der Waals surface area contributed by atoms with Crippen molar-refractivity contribution in [1.82, 2.24) is 14.8 Å². The minimum atomic E-state index is -1.01. The topological polar surface area (TPSA) is 68.4 Å². The number of hydrogen-bond donors (Lipinski definition) is 1. The van der Waals surface area contributed by atoms with Gasteiger partial charge in [-0.05, 0) is 37.1 Å². The summed E-state index contributed by atoms with van der Waals surface area (Å²) in [5, 5.41) is 3.06. The predicted molar refractivity (Wildman–Crippen MR) is 147 cm³/mol. The lowest BCUT2D eigenvalue weighted by Crippen LogP contribution is -2.63. The molecule has 2 heterocycles. The van der Waals surface area contributed by atoms with Gasteiger partial charge in [-0.25, -0.2) is 4.79 Å². The van der Waals surface area contributed by atoms with Gasteiger partial charge >= 0.3 is 5.97 Å². The first-order chi connectivity index (χ1) is 17.9. The molecule has 0 unspecified atom stereocenters. The van der Waals surface area contributed by atoms with Crippen LogP contribution in [-0.4, -0.2) is 72.2 Å². The van der Waals surface area contributed by atoms with Gasteiger partial charge in [0.05, 0.1) is 22.8 Å². The minimum absolute atomic E-state index is 0.0848. The first kappa shape index (κ1) is 27.1. The summed E-state index contributed by atoms with van der Waals surface area (Å²) in [5.41, 5.74) is 3.65. The molecule has 0 spiro atoms. The van der Waals surface area contributed by atoms with E-state index in [0.717, 1.165) is 18.8 Å². The summed E-state index contributed by atoms with van der Waals surface area (Å²) in [6.07, 6.45) is 5.30. The second kappa shape index (κ2) is 12.1. The molecule has 1 amide bonds. The number of nitrogens with zero attached hydrogens (tertiary/aromatic N) is 4. The fourth-order valence-corrected chi connectivity index (χ4v) is 5.40. The van der Waals surface area contributed by atoms with E-state index in [1.807, 2.05) is 60.7 Å². The molecule has 198 valence electrons. The standard InChI is InChI=1S/C27H33Cl2N5O3/c1-3-24(35)34(21-8-5-4-6-9-21)27(26(36)37-2)12-14-31(15-13-27)16-17-32-18-19-33(20-32)30-25-22(28)10-7-11-23(25)29/h4-11,18-19,30H,3,12-17,20H2,1-2H3. The first-order valence-corrected chi connectivity index (χ1v) is 13.2. The average Bonchev–Trinajstić information content (AvgIpc) is 3.38. The van der Waals surface area contributed by atoms with Gasteiger partial charge in [0.15, 0.2) is 0 Å². The van der Waals surface area contributed by atoms with E-state index in [-0.39, 0.29) is 11.9 Å². The number of carbonyl (C=O) groups excluding carboxylic acids is 2. The average molecular weight is 546 g/mol. The molecule has 2 aliphatic heterocycles. The number of carbonyl (C=O) groups is 2. The molecular weight excluding hydrogens is 513 g/mol. The van der Waals surface area contributed by atoms with Gasteiger partial charge in [0.2, 0.25) is 5.91 Å². The molecule has 37 heavy (non-hydrogen) atoms. The van der Waals surface area contributed by atoms with E-state index in [9.17, 15) is 9.59 Å². The van der Waals surface area contributed by atoms with Crippen molar-refractivity contribution in [2.75, 3.05) is 50.3 Å². The van der Waals surface area contributed by atoms with Crippen molar-refractivity contribution >= 4 is 46.5 Å². The van der Waals surface area contributed by atoms with Gasteiger partial charge in [-0.15, -0.1) is 0 Å². The third-order valence-corrected chi connectivity index (χ3v) is 7.59. The van der Waals surface area contributed by atoms with Crippen molar-refractivity contribution in [3.05, 3.63) is 71.0 Å². The van der Waals surface area contributed by atoms with Crippen LogP contribution in [0.1, 0.15) is 26.2 Å². The molecule has 0 aliphatic carbocycles. The van der Waals surface area contributed by atoms with Crippen molar-refractivity contribution in [1.29, 1.82) is 0 Å². The fourth-order valence-electron chi connectivity index (χ4n) is 4.92. The summed E-state index contributed by atoms with van der Waals surface area (Å²) >= 11 is 12.6. The van der Waals surface area contributed by atoms with E-state index < -0.39 is 5.54 Å². The number of likely N-dealkylation sites (tertiary alicyclic amines) is 1. The summed E-state index contributed by atoms with van der Waals surface area (Å²) < 4.78 is 5.24. The van der Waals surface area contributed by atoms with Crippen LogP contribution in [0, 0.1) is 0 Å².